The van der Waals surface area contributed by atoms with E-state index in [1.807, 2.05) is 60.4 Å². The minimum Gasteiger partial charge on any atom is -0.351 e. The van der Waals surface area contributed by atoms with Crippen molar-refractivity contribution in [2.75, 3.05) is 4.90 Å². The van der Waals surface area contributed by atoms with Crippen LogP contribution in [0.3, 0.4) is 0 Å². The van der Waals surface area contributed by atoms with Gasteiger partial charge in [-0.1, -0.05) is 28.1 Å². The van der Waals surface area contributed by atoms with Crippen LogP contribution in [-0.2, 0) is 6.18 Å². The normalized spacial score (nSPS) is 18.1. The maximum atomic E-state index is 13.4. The molecule has 0 amide bonds. The van der Waals surface area contributed by atoms with Gasteiger partial charge in [-0.2, -0.15) is 13.2 Å². The number of halogens is 4. The fourth-order valence-electron chi connectivity index (χ4n) is 4.41. The molecule has 4 aromatic rings. The number of rotatable bonds is 4. The van der Waals surface area contributed by atoms with Gasteiger partial charge in [0.1, 0.15) is 6.04 Å². The predicted molar refractivity (Wildman–Crippen MR) is 138 cm³/mol. The molecule has 9 heteroatoms. The molecule has 1 N–H and O–H groups in total. The van der Waals surface area contributed by atoms with Crippen LogP contribution in [0.15, 0.2) is 89.7 Å². The molecule has 0 bridgehead atoms. The molecule has 1 saturated heterocycles. The molecule has 0 aliphatic carbocycles. The zero-order chi connectivity index (χ0) is 24.7. The molecule has 2 atom stereocenters. The summed E-state index contributed by atoms with van der Waals surface area (Å²) in [6.07, 6.45) is -0.945. The first-order chi connectivity index (χ1) is 16.7. The van der Waals surface area contributed by atoms with E-state index in [4.69, 9.17) is 12.2 Å². The highest BCUT2D eigenvalue weighted by Crippen LogP contribution is 2.43. The smallest absolute Gasteiger partial charge is 0.351 e. The van der Waals surface area contributed by atoms with E-state index >= 15 is 0 Å². The number of nitrogens with zero attached hydrogens (tertiary/aromatic N) is 3. The Morgan fingerprint density at radius 1 is 0.971 bits per heavy atom. The number of alkyl halides is 3. The number of thiocarbonyl (C=S) groups is 1. The standard InChI is InChI=1S/C26H20BrF3N4S/c1-16-14-19(10-11-20(16)27)34-24(23(32-25(34)35)21-8-2-3-12-31-21)22-9-5-13-33(22)18-7-4-6-17(15-18)26(28,29)30/h2-15,23-24H,1H3,(H,32,35)/t23-,24-/m0/s1. The summed E-state index contributed by atoms with van der Waals surface area (Å²) in [5, 5.41) is 3.91. The molecule has 1 fully saturated rings. The number of hydrogen-bond donors (Lipinski definition) is 1. The zero-order valence-corrected chi connectivity index (χ0v) is 20.9. The molecule has 0 unspecified atom stereocenters. The van der Waals surface area contributed by atoms with Gasteiger partial charge in [-0.15, -0.1) is 0 Å². The highest BCUT2D eigenvalue weighted by Gasteiger charge is 2.42. The first-order valence-corrected chi connectivity index (χ1v) is 12.1. The minimum absolute atomic E-state index is 0.313. The summed E-state index contributed by atoms with van der Waals surface area (Å²) in [6, 6.07) is 20.0. The lowest BCUT2D eigenvalue weighted by Crippen LogP contribution is -2.30. The van der Waals surface area contributed by atoms with E-state index in [1.165, 1.54) is 6.07 Å². The van der Waals surface area contributed by atoms with E-state index in [9.17, 15) is 13.2 Å². The Hall–Kier alpha value is -3.17. The van der Waals surface area contributed by atoms with Gasteiger partial charge in [0.25, 0.3) is 0 Å². The van der Waals surface area contributed by atoms with Crippen molar-refractivity contribution in [3.63, 3.8) is 0 Å². The quantitative estimate of drug-likeness (QED) is 0.271. The van der Waals surface area contributed by atoms with E-state index < -0.39 is 11.7 Å². The minimum atomic E-state index is -4.43. The van der Waals surface area contributed by atoms with Crippen LogP contribution in [0.4, 0.5) is 18.9 Å². The monoisotopic (exact) mass is 556 g/mol. The topological polar surface area (TPSA) is 33.1 Å². The highest BCUT2D eigenvalue weighted by molar-refractivity contribution is 9.10. The van der Waals surface area contributed by atoms with Crippen LogP contribution in [0.1, 0.15) is 34.6 Å². The number of aromatic nitrogens is 2. The summed E-state index contributed by atoms with van der Waals surface area (Å²) in [6.45, 7) is 2.00. The molecule has 1 aliphatic rings. The first kappa shape index (κ1) is 23.6. The van der Waals surface area contributed by atoms with Crippen molar-refractivity contribution >= 4 is 38.9 Å². The van der Waals surface area contributed by atoms with Crippen LogP contribution in [0.5, 0.6) is 0 Å². The number of nitrogens with one attached hydrogen (secondary N) is 1. The molecular weight excluding hydrogens is 537 g/mol. The molecule has 0 radical (unpaired) electrons. The molecule has 4 nitrogen and oxygen atoms in total. The fraction of sp³-hybridized carbons (Fsp3) is 0.154. The molecule has 0 saturated carbocycles. The molecule has 0 spiro atoms. The number of anilines is 1. The van der Waals surface area contributed by atoms with Gasteiger partial charge in [0.15, 0.2) is 5.11 Å². The van der Waals surface area contributed by atoms with E-state index in [1.54, 1.807) is 23.0 Å². The second kappa shape index (κ2) is 9.13. The van der Waals surface area contributed by atoms with Crippen molar-refractivity contribution < 1.29 is 13.2 Å². The molecule has 35 heavy (non-hydrogen) atoms. The Kier molecular flexibility index (Phi) is 6.14. The van der Waals surface area contributed by atoms with Crippen LogP contribution < -0.4 is 10.2 Å². The van der Waals surface area contributed by atoms with E-state index in [2.05, 4.69) is 26.2 Å². The van der Waals surface area contributed by atoms with Crippen molar-refractivity contribution in [3.05, 3.63) is 112 Å². The highest BCUT2D eigenvalue weighted by atomic mass is 79.9. The third-order valence-electron chi connectivity index (χ3n) is 6.05. The summed E-state index contributed by atoms with van der Waals surface area (Å²) in [4.78, 5) is 6.56. The third kappa shape index (κ3) is 4.46. The Morgan fingerprint density at radius 2 is 1.80 bits per heavy atom. The molecule has 1 aliphatic heterocycles. The number of aryl methyl sites for hydroxylation is 1. The third-order valence-corrected chi connectivity index (χ3v) is 7.26. The Balaban J connectivity index is 1.67. The van der Waals surface area contributed by atoms with Gasteiger partial charge in [0.05, 0.1) is 17.3 Å². The fourth-order valence-corrected chi connectivity index (χ4v) is 5.01. The second-order valence-electron chi connectivity index (χ2n) is 8.28. The van der Waals surface area contributed by atoms with Crippen LogP contribution in [0.2, 0.25) is 0 Å². The largest absolute Gasteiger partial charge is 0.416 e. The number of pyridine rings is 1. The Morgan fingerprint density at radius 3 is 2.51 bits per heavy atom. The van der Waals surface area contributed by atoms with E-state index in [0.29, 0.717) is 10.8 Å². The summed E-state index contributed by atoms with van der Waals surface area (Å²) in [5.41, 5.74) is 3.21. The zero-order valence-electron chi connectivity index (χ0n) is 18.5. The maximum absolute atomic E-state index is 13.4. The summed E-state index contributed by atoms with van der Waals surface area (Å²) < 4.78 is 43.1. The number of benzene rings is 2. The SMILES string of the molecule is Cc1cc(N2C(=S)N[C@@H](c3ccccn3)[C@@H]2c2cccn2-c2cccc(C(F)(F)F)c2)ccc1Br. The Labute approximate surface area is 214 Å². The van der Waals surface area contributed by atoms with Crippen LogP contribution >= 0.6 is 28.1 Å². The summed E-state index contributed by atoms with van der Waals surface area (Å²) in [7, 11) is 0. The maximum Gasteiger partial charge on any atom is 0.416 e. The molecular formula is C26H20BrF3N4S. The second-order valence-corrected chi connectivity index (χ2v) is 9.52. The van der Waals surface area contributed by atoms with E-state index in [-0.39, 0.29) is 12.1 Å². The molecule has 2 aromatic carbocycles. The molecule has 5 rings (SSSR count). The summed E-state index contributed by atoms with van der Waals surface area (Å²) in [5.74, 6) is 0. The van der Waals surface area contributed by atoms with Crippen LogP contribution in [0.25, 0.3) is 5.69 Å². The van der Waals surface area contributed by atoms with Crippen LogP contribution in [0, 0.1) is 6.92 Å². The van der Waals surface area contributed by atoms with Gasteiger partial charge in [-0.3, -0.25) is 4.98 Å². The molecule has 2 aromatic heterocycles. The molecule has 178 valence electrons. The van der Waals surface area contributed by atoms with Gasteiger partial charge in [-0.05, 0) is 85.4 Å². The van der Waals surface area contributed by atoms with Gasteiger partial charge in [-0.25, -0.2) is 0 Å². The lowest BCUT2D eigenvalue weighted by molar-refractivity contribution is -0.137. The molecule has 3 heterocycles. The summed E-state index contributed by atoms with van der Waals surface area (Å²) >= 11 is 9.32. The lowest BCUT2D eigenvalue weighted by atomic mass is 10.0. The van der Waals surface area contributed by atoms with Crippen molar-refractivity contribution in [1.82, 2.24) is 14.9 Å². The lowest BCUT2D eigenvalue weighted by Gasteiger charge is -2.29. The average Bonchev–Trinajstić information content (AvgIpc) is 3.45. The van der Waals surface area contributed by atoms with Gasteiger partial charge < -0.3 is 14.8 Å². The van der Waals surface area contributed by atoms with Crippen molar-refractivity contribution in [2.45, 2.75) is 25.2 Å². The van der Waals surface area contributed by atoms with Gasteiger partial charge in [0.2, 0.25) is 0 Å². The predicted octanol–water partition coefficient (Wildman–Crippen LogP) is 7.14. The van der Waals surface area contributed by atoms with Crippen molar-refractivity contribution in [1.29, 1.82) is 0 Å². The average molecular weight is 557 g/mol. The van der Waals surface area contributed by atoms with Crippen molar-refractivity contribution in [3.8, 4) is 5.69 Å². The first-order valence-electron chi connectivity index (χ1n) is 10.9. The van der Waals surface area contributed by atoms with Crippen LogP contribution in [-0.4, -0.2) is 14.7 Å². The van der Waals surface area contributed by atoms with Gasteiger partial charge >= 0.3 is 6.18 Å². The van der Waals surface area contributed by atoms with Gasteiger partial charge in [0, 0.05) is 33.9 Å². The van der Waals surface area contributed by atoms with E-state index in [0.717, 1.165) is 39.2 Å². The number of hydrogen-bond acceptors (Lipinski definition) is 2. The Bertz CT molecular complexity index is 1390. The van der Waals surface area contributed by atoms with Crippen molar-refractivity contribution in [2.24, 2.45) is 0 Å².